The molecule has 1 aromatic heterocycles. The van der Waals surface area contributed by atoms with E-state index in [1.807, 2.05) is 31.2 Å². The Balaban J connectivity index is 1.96. The molecule has 0 spiro atoms. The fourth-order valence-electron chi connectivity index (χ4n) is 2.46. The van der Waals surface area contributed by atoms with Gasteiger partial charge in [0, 0.05) is 28.4 Å². The van der Waals surface area contributed by atoms with E-state index in [0.29, 0.717) is 13.0 Å². The third-order valence-electron chi connectivity index (χ3n) is 3.68. The summed E-state index contributed by atoms with van der Waals surface area (Å²) in [5.41, 5.74) is 1.88. The van der Waals surface area contributed by atoms with Gasteiger partial charge in [-0.2, -0.15) is 0 Å². The molecule has 0 aliphatic rings. The zero-order chi connectivity index (χ0) is 18.8. The number of amides is 1. The molecule has 3 N–H and O–H groups in total. The van der Waals surface area contributed by atoms with Crippen molar-refractivity contribution in [2.24, 2.45) is 4.99 Å². The van der Waals surface area contributed by atoms with E-state index in [1.54, 1.807) is 11.3 Å². The summed E-state index contributed by atoms with van der Waals surface area (Å²) in [6.07, 6.45) is 1.39. The number of aryl methyl sites for hydroxylation is 1. The molecule has 5 nitrogen and oxygen atoms in total. The van der Waals surface area contributed by atoms with Crippen molar-refractivity contribution in [2.75, 3.05) is 11.9 Å². The molecule has 0 atom stereocenters. The predicted octanol–water partition coefficient (Wildman–Crippen LogP) is 4.05. The van der Waals surface area contributed by atoms with E-state index < -0.39 is 0 Å². The van der Waals surface area contributed by atoms with Crippen LogP contribution in [-0.4, -0.2) is 18.4 Å². The molecule has 1 heterocycles. The van der Waals surface area contributed by atoms with Crippen molar-refractivity contribution >= 4 is 28.9 Å². The fourth-order valence-corrected chi connectivity index (χ4v) is 3.29. The molecule has 0 aliphatic heterocycles. The molecule has 2 aromatic rings. The number of rotatable bonds is 8. The van der Waals surface area contributed by atoms with Gasteiger partial charge in [0.1, 0.15) is 0 Å². The summed E-state index contributed by atoms with van der Waals surface area (Å²) in [5.74, 6) is 0.841. The van der Waals surface area contributed by atoms with E-state index in [-0.39, 0.29) is 5.91 Å². The van der Waals surface area contributed by atoms with Crippen molar-refractivity contribution < 1.29 is 4.79 Å². The van der Waals surface area contributed by atoms with Crippen LogP contribution in [0.5, 0.6) is 0 Å². The minimum atomic E-state index is 0.0504. The second-order valence-electron chi connectivity index (χ2n) is 6.06. The minimum Gasteiger partial charge on any atom is -0.357 e. The van der Waals surface area contributed by atoms with Gasteiger partial charge in [-0.25, -0.2) is 4.99 Å². The van der Waals surface area contributed by atoms with Crippen LogP contribution in [0.4, 0.5) is 5.69 Å². The first-order valence-electron chi connectivity index (χ1n) is 9.07. The Morgan fingerprint density at radius 1 is 1.15 bits per heavy atom. The summed E-state index contributed by atoms with van der Waals surface area (Å²) < 4.78 is 0. The highest BCUT2D eigenvalue weighted by molar-refractivity contribution is 7.11. The lowest BCUT2D eigenvalue weighted by Gasteiger charge is -2.11. The fraction of sp³-hybridized carbons (Fsp3) is 0.400. The average molecular weight is 373 g/mol. The van der Waals surface area contributed by atoms with Gasteiger partial charge in [0.05, 0.1) is 13.1 Å². The van der Waals surface area contributed by atoms with Crippen LogP contribution in [-0.2, 0) is 17.9 Å². The third-order valence-corrected chi connectivity index (χ3v) is 4.68. The van der Waals surface area contributed by atoms with Gasteiger partial charge in [0.25, 0.3) is 0 Å². The molecule has 2 rings (SSSR count). The van der Waals surface area contributed by atoms with E-state index in [0.717, 1.165) is 36.7 Å². The van der Waals surface area contributed by atoms with Gasteiger partial charge < -0.3 is 16.0 Å². The first-order valence-corrected chi connectivity index (χ1v) is 9.88. The maximum Gasteiger partial charge on any atom is 0.224 e. The number of nitrogens with zero attached hydrogens (tertiary/aromatic N) is 1. The highest BCUT2D eigenvalue weighted by Gasteiger charge is 2.03. The summed E-state index contributed by atoms with van der Waals surface area (Å²) in [6, 6.07) is 12.1. The first kappa shape index (κ1) is 20.0. The van der Waals surface area contributed by atoms with E-state index in [1.165, 1.54) is 9.75 Å². The van der Waals surface area contributed by atoms with Gasteiger partial charge in [-0.1, -0.05) is 19.1 Å². The highest BCUT2D eigenvalue weighted by atomic mass is 32.1. The van der Waals surface area contributed by atoms with E-state index in [9.17, 15) is 4.79 Å². The zero-order valence-electron chi connectivity index (χ0n) is 15.8. The van der Waals surface area contributed by atoms with Crippen molar-refractivity contribution in [1.82, 2.24) is 10.6 Å². The summed E-state index contributed by atoms with van der Waals surface area (Å²) in [6.45, 7) is 8.28. The number of thiophene rings is 1. The third kappa shape index (κ3) is 6.88. The van der Waals surface area contributed by atoms with Gasteiger partial charge in [0.15, 0.2) is 5.96 Å². The average Bonchev–Trinajstić information content (AvgIpc) is 3.03. The van der Waals surface area contributed by atoms with Crippen LogP contribution in [0.25, 0.3) is 0 Å². The van der Waals surface area contributed by atoms with Gasteiger partial charge in [-0.15, -0.1) is 11.3 Å². The maximum atomic E-state index is 11.7. The van der Waals surface area contributed by atoms with Crippen molar-refractivity contribution in [3.8, 4) is 0 Å². The van der Waals surface area contributed by atoms with Crippen molar-refractivity contribution in [3.05, 3.63) is 51.7 Å². The standard InChI is InChI=1S/C20H28N4OS/c1-4-7-19(25)24-17-9-6-8-16(12-17)13-22-20(21-5-2)23-14-18-11-10-15(3)26-18/h6,8-12H,4-5,7,13-14H2,1-3H3,(H,24,25)(H2,21,22,23). The Bertz CT molecular complexity index is 739. The number of carbonyl (C=O) groups is 1. The van der Waals surface area contributed by atoms with Crippen molar-refractivity contribution in [3.63, 3.8) is 0 Å². The van der Waals surface area contributed by atoms with Crippen LogP contribution in [0.2, 0.25) is 0 Å². The quantitative estimate of drug-likeness (QED) is 0.484. The molecule has 1 aromatic carbocycles. The van der Waals surface area contributed by atoms with Gasteiger partial charge in [-0.3, -0.25) is 4.79 Å². The molecule has 26 heavy (non-hydrogen) atoms. The molecule has 0 bridgehead atoms. The minimum absolute atomic E-state index is 0.0504. The number of guanidine groups is 1. The molecule has 0 fully saturated rings. The number of carbonyl (C=O) groups excluding carboxylic acids is 1. The van der Waals surface area contributed by atoms with Crippen LogP contribution < -0.4 is 16.0 Å². The lowest BCUT2D eigenvalue weighted by Crippen LogP contribution is -2.36. The summed E-state index contributed by atoms with van der Waals surface area (Å²) >= 11 is 1.79. The monoisotopic (exact) mass is 372 g/mol. The molecule has 140 valence electrons. The van der Waals surface area contributed by atoms with Gasteiger partial charge >= 0.3 is 0 Å². The van der Waals surface area contributed by atoms with Crippen molar-refractivity contribution in [2.45, 2.75) is 46.7 Å². The Labute approximate surface area is 159 Å². The number of anilines is 1. The van der Waals surface area contributed by atoms with E-state index in [2.05, 4.69) is 46.9 Å². The molecule has 0 unspecified atom stereocenters. The van der Waals surface area contributed by atoms with Crippen LogP contribution >= 0.6 is 11.3 Å². The summed E-state index contributed by atoms with van der Waals surface area (Å²) in [4.78, 5) is 19.0. The number of hydrogen-bond acceptors (Lipinski definition) is 3. The van der Waals surface area contributed by atoms with E-state index in [4.69, 9.17) is 0 Å². The summed E-state index contributed by atoms with van der Waals surface area (Å²) in [5, 5.41) is 9.56. The molecular formula is C20H28N4OS. The normalized spacial score (nSPS) is 11.3. The topological polar surface area (TPSA) is 65.5 Å². The lowest BCUT2D eigenvalue weighted by molar-refractivity contribution is -0.116. The van der Waals surface area contributed by atoms with Gasteiger partial charge in [-0.05, 0) is 50.1 Å². The van der Waals surface area contributed by atoms with Crippen LogP contribution in [0.15, 0.2) is 41.4 Å². The molecule has 6 heteroatoms. The SMILES string of the molecule is CCCC(=O)Nc1cccc(CN=C(NCC)NCc2ccc(C)s2)c1. The molecular weight excluding hydrogens is 344 g/mol. The largest absolute Gasteiger partial charge is 0.357 e. The Kier molecular flexibility index (Phi) is 8.15. The van der Waals surface area contributed by atoms with E-state index >= 15 is 0 Å². The molecule has 0 saturated heterocycles. The maximum absolute atomic E-state index is 11.7. The Hall–Kier alpha value is -2.34. The second-order valence-corrected chi connectivity index (χ2v) is 7.43. The van der Waals surface area contributed by atoms with Crippen molar-refractivity contribution in [1.29, 1.82) is 0 Å². The Morgan fingerprint density at radius 2 is 2.00 bits per heavy atom. The summed E-state index contributed by atoms with van der Waals surface area (Å²) in [7, 11) is 0. The smallest absolute Gasteiger partial charge is 0.224 e. The zero-order valence-corrected chi connectivity index (χ0v) is 16.6. The molecule has 1 amide bonds. The van der Waals surface area contributed by atoms with Gasteiger partial charge in [0.2, 0.25) is 5.91 Å². The van der Waals surface area contributed by atoms with Crippen LogP contribution in [0.1, 0.15) is 42.0 Å². The van der Waals surface area contributed by atoms with Crippen LogP contribution in [0, 0.1) is 6.92 Å². The highest BCUT2D eigenvalue weighted by Crippen LogP contribution is 2.15. The molecule has 0 saturated carbocycles. The number of nitrogens with one attached hydrogen (secondary N) is 3. The van der Waals surface area contributed by atoms with Crippen LogP contribution in [0.3, 0.4) is 0 Å². The molecule has 0 aliphatic carbocycles. The second kappa shape index (κ2) is 10.6. The molecule has 0 radical (unpaired) electrons. The number of hydrogen-bond donors (Lipinski definition) is 3. The first-order chi connectivity index (χ1) is 12.6. The number of aliphatic imine (C=N–C) groups is 1. The predicted molar refractivity (Wildman–Crippen MR) is 111 cm³/mol. The number of benzene rings is 1. The Morgan fingerprint density at radius 3 is 2.69 bits per heavy atom. The lowest BCUT2D eigenvalue weighted by atomic mass is 10.2.